The van der Waals surface area contributed by atoms with E-state index in [0.717, 1.165) is 25.6 Å². The van der Waals surface area contributed by atoms with Crippen LogP contribution in [0.25, 0.3) is 0 Å². The van der Waals surface area contributed by atoms with Crippen molar-refractivity contribution in [3.05, 3.63) is 29.8 Å². The number of nitrogens with one attached hydrogen (secondary N) is 1. The zero-order chi connectivity index (χ0) is 19.9. The van der Waals surface area contributed by atoms with Crippen LogP contribution in [0, 0.1) is 17.3 Å². The van der Waals surface area contributed by atoms with Crippen LogP contribution in [-0.4, -0.2) is 33.4 Å². The first-order valence-corrected chi connectivity index (χ1v) is 10.9. The van der Waals surface area contributed by atoms with Gasteiger partial charge in [-0.25, -0.2) is 0 Å². The Morgan fingerprint density at radius 2 is 1.81 bits per heavy atom. The number of rotatable bonds is 10. The highest BCUT2D eigenvalue weighted by Gasteiger charge is 2.37. The van der Waals surface area contributed by atoms with Gasteiger partial charge in [0, 0.05) is 32.9 Å². The van der Waals surface area contributed by atoms with Crippen LogP contribution >= 0.6 is 0 Å². The Morgan fingerprint density at radius 1 is 1.11 bits per heavy atom. The normalized spacial score (nSPS) is 23.2. The lowest BCUT2D eigenvalue weighted by Crippen LogP contribution is -2.39. The predicted octanol–water partition coefficient (Wildman–Crippen LogP) is 5.49. The molecule has 0 amide bonds. The summed E-state index contributed by atoms with van der Waals surface area (Å²) >= 11 is 0. The summed E-state index contributed by atoms with van der Waals surface area (Å²) in [5, 5.41) is 3.70. The molecule has 0 radical (unpaired) electrons. The predicted molar refractivity (Wildman–Crippen MR) is 117 cm³/mol. The van der Waals surface area contributed by atoms with Crippen molar-refractivity contribution in [2.75, 3.05) is 32.1 Å². The Kier molecular flexibility index (Phi) is 8.62. The number of anilines is 1. The summed E-state index contributed by atoms with van der Waals surface area (Å²) in [5.41, 5.74) is 3.08. The third kappa shape index (κ3) is 7.12. The van der Waals surface area contributed by atoms with Gasteiger partial charge in [0.1, 0.15) is 0 Å². The Balaban J connectivity index is 1.87. The number of benzene rings is 1. The number of hydrogen-bond acceptors (Lipinski definition) is 3. The lowest BCUT2D eigenvalue weighted by Gasteiger charge is -2.43. The molecule has 1 saturated heterocycles. The van der Waals surface area contributed by atoms with Gasteiger partial charge < -0.3 is 15.0 Å². The molecule has 0 spiro atoms. The van der Waals surface area contributed by atoms with E-state index >= 15 is 0 Å². The minimum Gasteiger partial charge on any atom is -0.378 e. The SMILES string of the molecule is CC(C)CC[C@]1(CCNCc2ccc(N(C)C)cc2)CCO[C@H](C(C)C)C1. The second kappa shape index (κ2) is 10.5. The van der Waals surface area contributed by atoms with Gasteiger partial charge in [0.15, 0.2) is 0 Å². The molecule has 1 aromatic carbocycles. The summed E-state index contributed by atoms with van der Waals surface area (Å²) in [6.45, 7) is 12.3. The van der Waals surface area contributed by atoms with Gasteiger partial charge in [-0.3, -0.25) is 0 Å². The number of ether oxygens (including phenoxy) is 1. The molecule has 1 heterocycles. The fourth-order valence-electron chi connectivity index (χ4n) is 4.11. The molecule has 0 saturated carbocycles. The molecule has 1 fully saturated rings. The molecule has 0 aliphatic carbocycles. The maximum atomic E-state index is 6.08. The average Bonchev–Trinajstić information content (AvgIpc) is 2.64. The Labute approximate surface area is 167 Å². The van der Waals surface area contributed by atoms with Crippen LogP contribution in [0.2, 0.25) is 0 Å². The molecular weight excluding hydrogens is 332 g/mol. The summed E-state index contributed by atoms with van der Waals surface area (Å²) in [7, 11) is 4.17. The van der Waals surface area contributed by atoms with E-state index in [1.807, 2.05) is 0 Å². The standard InChI is InChI=1S/C24H42N2O/c1-19(2)11-12-24(14-16-27-23(17-24)20(3)4)13-15-25-18-21-7-9-22(10-8-21)26(5)6/h7-10,19-20,23,25H,11-18H2,1-6H3/t23-,24-/m0/s1. The quantitative estimate of drug-likeness (QED) is 0.548. The second-order valence-corrected chi connectivity index (χ2v) is 9.53. The van der Waals surface area contributed by atoms with E-state index in [-0.39, 0.29) is 0 Å². The molecule has 0 unspecified atom stereocenters. The zero-order valence-electron chi connectivity index (χ0n) is 18.6. The molecular formula is C24H42N2O. The maximum absolute atomic E-state index is 6.08. The third-order valence-electron chi connectivity index (χ3n) is 6.21. The third-order valence-corrected chi connectivity index (χ3v) is 6.21. The lowest BCUT2D eigenvalue weighted by molar-refractivity contribution is -0.0761. The fourth-order valence-corrected chi connectivity index (χ4v) is 4.11. The molecule has 27 heavy (non-hydrogen) atoms. The first-order valence-electron chi connectivity index (χ1n) is 10.9. The van der Waals surface area contributed by atoms with E-state index in [4.69, 9.17) is 4.74 Å². The lowest BCUT2D eigenvalue weighted by atomic mass is 9.69. The molecule has 154 valence electrons. The topological polar surface area (TPSA) is 24.5 Å². The molecule has 2 atom stereocenters. The number of hydrogen-bond donors (Lipinski definition) is 1. The van der Waals surface area contributed by atoms with E-state index < -0.39 is 0 Å². The van der Waals surface area contributed by atoms with Crippen LogP contribution in [0.3, 0.4) is 0 Å². The zero-order valence-corrected chi connectivity index (χ0v) is 18.6. The van der Waals surface area contributed by atoms with Crippen molar-refractivity contribution in [2.45, 2.75) is 72.4 Å². The molecule has 0 aromatic heterocycles. The van der Waals surface area contributed by atoms with E-state index in [1.165, 1.54) is 43.4 Å². The number of nitrogens with zero attached hydrogens (tertiary/aromatic N) is 1. The van der Waals surface area contributed by atoms with Gasteiger partial charge in [0.2, 0.25) is 0 Å². The van der Waals surface area contributed by atoms with Crippen LogP contribution in [0.4, 0.5) is 5.69 Å². The van der Waals surface area contributed by atoms with E-state index in [9.17, 15) is 0 Å². The van der Waals surface area contributed by atoms with E-state index in [1.54, 1.807) is 0 Å². The molecule has 1 aliphatic rings. The van der Waals surface area contributed by atoms with Gasteiger partial charge in [-0.15, -0.1) is 0 Å². The van der Waals surface area contributed by atoms with Crippen molar-refractivity contribution in [1.82, 2.24) is 5.32 Å². The molecule has 3 heteroatoms. The summed E-state index contributed by atoms with van der Waals surface area (Å²) in [4.78, 5) is 2.14. The summed E-state index contributed by atoms with van der Waals surface area (Å²) < 4.78 is 6.08. The molecule has 2 rings (SSSR count). The van der Waals surface area contributed by atoms with Gasteiger partial charge >= 0.3 is 0 Å². The molecule has 1 aliphatic heterocycles. The Morgan fingerprint density at radius 3 is 2.41 bits per heavy atom. The monoisotopic (exact) mass is 374 g/mol. The minimum atomic E-state index is 0.435. The highest BCUT2D eigenvalue weighted by Crippen LogP contribution is 2.43. The fraction of sp³-hybridized carbons (Fsp3) is 0.750. The van der Waals surface area contributed by atoms with Crippen molar-refractivity contribution in [1.29, 1.82) is 0 Å². The van der Waals surface area contributed by atoms with Crippen LogP contribution < -0.4 is 10.2 Å². The average molecular weight is 375 g/mol. The molecule has 3 nitrogen and oxygen atoms in total. The summed E-state index contributed by atoms with van der Waals surface area (Å²) in [6.07, 6.45) is 6.83. The van der Waals surface area contributed by atoms with Crippen LogP contribution in [0.15, 0.2) is 24.3 Å². The highest BCUT2D eigenvalue weighted by molar-refractivity contribution is 5.45. The van der Waals surface area contributed by atoms with Crippen LogP contribution in [-0.2, 0) is 11.3 Å². The molecule has 1 N–H and O–H groups in total. The van der Waals surface area contributed by atoms with Gasteiger partial charge in [0.25, 0.3) is 0 Å². The van der Waals surface area contributed by atoms with Crippen molar-refractivity contribution < 1.29 is 4.74 Å². The second-order valence-electron chi connectivity index (χ2n) is 9.53. The molecule has 1 aromatic rings. The Bertz CT molecular complexity index is 538. The van der Waals surface area contributed by atoms with Crippen LogP contribution in [0.5, 0.6) is 0 Å². The van der Waals surface area contributed by atoms with Crippen LogP contribution in [0.1, 0.15) is 65.4 Å². The van der Waals surface area contributed by atoms with Gasteiger partial charge in [-0.05, 0) is 67.2 Å². The van der Waals surface area contributed by atoms with E-state index in [0.29, 0.717) is 17.4 Å². The minimum absolute atomic E-state index is 0.435. The summed E-state index contributed by atoms with van der Waals surface area (Å²) in [6, 6.07) is 8.87. The smallest absolute Gasteiger partial charge is 0.0603 e. The first-order chi connectivity index (χ1) is 12.8. The highest BCUT2D eigenvalue weighted by atomic mass is 16.5. The first kappa shape index (κ1) is 22.2. The largest absolute Gasteiger partial charge is 0.378 e. The van der Waals surface area contributed by atoms with E-state index in [2.05, 4.69) is 76.3 Å². The maximum Gasteiger partial charge on any atom is 0.0603 e. The Hall–Kier alpha value is -1.06. The van der Waals surface area contributed by atoms with Crippen molar-refractivity contribution in [3.8, 4) is 0 Å². The van der Waals surface area contributed by atoms with Crippen molar-refractivity contribution >= 4 is 5.69 Å². The van der Waals surface area contributed by atoms with Gasteiger partial charge in [-0.2, -0.15) is 0 Å². The van der Waals surface area contributed by atoms with Crippen molar-refractivity contribution in [3.63, 3.8) is 0 Å². The molecule has 0 bridgehead atoms. The summed E-state index contributed by atoms with van der Waals surface area (Å²) in [5.74, 6) is 1.40. The van der Waals surface area contributed by atoms with Gasteiger partial charge in [-0.1, -0.05) is 46.2 Å². The van der Waals surface area contributed by atoms with Gasteiger partial charge in [0.05, 0.1) is 6.10 Å². The van der Waals surface area contributed by atoms with Crippen molar-refractivity contribution in [2.24, 2.45) is 17.3 Å².